The lowest BCUT2D eigenvalue weighted by atomic mass is 10.1. The molecule has 23 heavy (non-hydrogen) atoms. The molecule has 1 amide bonds. The molecular formula is C17H19ClN2O3. The number of aliphatic hydroxyl groups is 1. The van der Waals surface area contributed by atoms with Crippen molar-refractivity contribution in [3.63, 3.8) is 0 Å². The Labute approximate surface area is 139 Å². The number of nitrogens with one attached hydrogen (secondary N) is 1. The van der Waals surface area contributed by atoms with E-state index in [0.717, 1.165) is 5.56 Å². The third-order valence-electron chi connectivity index (χ3n) is 3.36. The highest BCUT2D eigenvalue weighted by molar-refractivity contribution is 6.30. The molecular weight excluding hydrogens is 316 g/mol. The zero-order chi connectivity index (χ0) is 16.8. The molecule has 2 aromatic rings. The summed E-state index contributed by atoms with van der Waals surface area (Å²) in [6.07, 6.45) is 0.467. The first kappa shape index (κ1) is 17.2. The van der Waals surface area contributed by atoms with Crippen molar-refractivity contribution in [3.05, 3.63) is 68.6 Å². The number of aliphatic hydroxyl groups excluding tert-OH is 1. The normalized spacial score (nSPS) is 10.6. The Bertz CT molecular complexity index is 743. The van der Waals surface area contributed by atoms with Crippen LogP contribution in [0.4, 0.5) is 0 Å². The lowest BCUT2D eigenvalue weighted by Crippen LogP contribution is -2.32. The number of hydrogen-bond donors (Lipinski definition) is 2. The van der Waals surface area contributed by atoms with Crippen molar-refractivity contribution in [2.24, 2.45) is 0 Å². The highest BCUT2D eigenvalue weighted by Crippen LogP contribution is 2.15. The summed E-state index contributed by atoms with van der Waals surface area (Å²) in [6.45, 7) is 2.49. The molecule has 0 unspecified atom stereocenters. The molecule has 0 aliphatic rings. The van der Waals surface area contributed by atoms with Crippen LogP contribution < -0.4 is 5.56 Å². The number of H-pyrrole nitrogens is 1. The Hall–Kier alpha value is -2.11. The number of aromatic nitrogens is 1. The lowest BCUT2D eigenvalue weighted by molar-refractivity contribution is 0.0731. The van der Waals surface area contributed by atoms with Gasteiger partial charge in [-0.25, -0.2) is 0 Å². The van der Waals surface area contributed by atoms with Gasteiger partial charge in [-0.2, -0.15) is 0 Å². The molecule has 0 saturated heterocycles. The first-order valence-electron chi connectivity index (χ1n) is 7.35. The largest absolute Gasteiger partial charge is 0.396 e. The van der Waals surface area contributed by atoms with Crippen LogP contribution in [0.5, 0.6) is 0 Å². The molecule has 0 spiro atoms. The van der Waals surface area contributed by atoms with Crippen molar-refractivity contribution in [3.8, 4) is 0 Å². The third-order valence-corrected chi connectivity index (χ3v) is 3.60. The number of amides is 1. The lowest BCUT2D eigenvalue weighted by Gasteiger charge is -2.23. The van der Waals surface area contributed by atoms with Gasteiger partial charge in [-0.1, -0.05) is 23.7 Å². The van der Waals surface area contributed by atoms with Crippen LogP contribution in [0.3, 0.4) is 0 Å². The number of nitrogens with zero attached hydrogens (tertiary/aromatic N) is 1. The molecule has 6 heteroatoms. The zero-order valence-corrected chi connectivity index (χ0v) is 13.6. The van der Waals surface area contributed by atoms with Gasteiger partial charge < -0.3 is 15.0 Å². The Morgan fingerprint density at radius 1 is 1.30 bits per heavy atom. The minimum absolute atomic E-state index is 0.00622. The summed E-state index contributed by atoms with van der Waals surface area (Å²) in [7, 11) is 0. The second-order valence-corrected chi connectivity index (χ2v) is 5.79. The first-order chi connectivity index (χ1) is 11.0. The Morgan fingerprint density at radius 2 is 2.09 bits per heavy atom. The number of hydrogen-bond acceptors (Lipinski definition) is 3. The number of pyridine rings is 1. The van der Waals surface area contributed by atoms with Crippen LogP contribution in [0.15, 0.2) is 41.2 Å². The van der Waals surface area contributed by atoms with Gasteiger partial charge in [-0.3, -0.25) is 9.59 Å². The van der Waals surface area contributed by atoms with Crippen LogP contribution in [-0.2, 0) is 6.54 Å². The summed E-state index contributed by atoms with van der Waals surface area (Å²) in [4.78, 5) is 28.5. The summed E-state index contributed by atoms with van der Waals surface area (Å²) in [6, 6.07) is 10.2. The van der Waals surface area contributed by atoms with Crippen molar-refractivity contribution < 1.29 is 9.90 Å². The monoisotopic (exact) mass is 334 g/mol. The Morgan fingerprint density at radius 3 is 2.74 bits per heavy atom. The van der Waals surface area contributed by atoms with E-state index in [2.05, 4.69) is 4.98 Å². The average molecular weight is 335 g/mol. The zero-order valence-electron chi connectivity index (χ0n) is 12.9. The molecule has 5 nitrogen and oxygen atoms in total. The number of halogens is 1. The topological polar surface area (TPSA) is 73.4 Å². The minimum atomic E-state index is -0.307. The molecule has 2 N–H and O–H groups in total. The van der Waals surface area contributed by atoms with Crippen molar-refractivity contribution in [2.45, 2.75) is 19.9 Å². The predicted octanol–water partition coefficient (Wildman–Crippen LogP) is 2.36. The fourth-order valence-electron chi connectivity index (χ4n) is 2.36. The minimum Gasteiger partial charge on any atom is -0.396 e. The number of aryl methyl sites for hydroxylation is 1. The second-order valence-electron chi connectivity index (χ2n) is 5.35. The van der Waals surface area contributed by atoms with E-state index in [4.69, 9.17) is 16.7 Å². The third kappa shape index (κ3) is 4.94. The quantitative estimate of drug-likeness (QED) is 0.851. The van der Waals surface area contributed by atoms with Gasteiger partial charge in [-0.15, -0.1) is 0 Å². The van der Waals surface area contributed by atoms with E-state index in [1.165, 1.54) is 6.07 Å². The SMILES string of the molecule is Cc1cc(C(=O)N(CCCO)Cc2cccc(Cl)c2)cc(=O)[nH]1. The maximum absolute atomic E-state index is 12.7. The van der Waals surface area contributed by atoms with Gasteiger partial charge in [-0.05, 0) is 37.1 Å². The summed E-state index contributed by atoms with van der Waals surface area (Å²) >= 11 is 5.98. The number of rotatable bonds is 6. The van der Waals surface area contributed by atoms with Gasteiger partial charge in [0.05, 0.1) is 0 Å². The molecule has 0 saturated carbocycles. The molecule has 1 heterocycles. The highest BCUT2D eigenvalue weighted by atomic mass is 35.5. The number of carbonyl (C=O) groups is 1. The molecule has 2 rings (SSSR count). The summed E-state index contributed by atoms with van der Waals surface area (Å²) in [5, 5.41) is 9.65. The molecule has 0 bridgehead atoms. The molecule has 0 aliphatic carbocycles. The molecule has 0 aliphatic heterocycles. The van der Waals surface area contributed by atoms with Crippen molar-refractivity contribution in [1.82, 2.24) is 9.88 Å². The van der Waals surface area contributed by atoms with E-state index in [1.54, 1.807) is 30.0 Å². The van der Waals surface area contributed by atoms with Gasteiger partial charge in [0.25, 0.3) is 5.91 Å². The molecule has 0 atom stereocenters. The molecule has 0 radical (unpaired) electrons. The van der Waals surface area contributed by atoms with E-state index in [0.29, 0.717) is 35.8 Å². The van der Waals surface area contributed by atoms with Gasteiger partial charge in [0.15, 0.2) is 0 Å². The van der Waals surface area contributed by atoms with Crippen molar-refractivity contribution >= 4 is 17.5 Å². The standard InChI is InChI=1S/C17H19ClN2O3/c1-12-8-14(10-16(22)19-12)17(23)20(6-3-7-21)11-13-4-2-5-15(18)9-13/h2,4-5,8-10,21H,3,6-7,11H2,1H3,(H,19,22). The maximum atomic E-state index is 12.7. The summed E-state index contributed by atoms with van der Waals surface area (Å²) < 4.78 is 0. The Balaban J connectivity index is 2.26. The number of aromatic amines is 1. The van der Waals surface area contributed by atoms with Crippen LogP contribution in [-0.4, -0.2) is 34.0 Å². The van der Waals surface area contributed by atoms with Crippen LogP contribution in [0.25, 0.3) is 0 Å². The number of carbonyl (C=O) groups excluding carboxylic acids is 1. The van der Waals surface area contributed by atoms with E-state index >= 15 is 0 Å². The molecule has 1 aromatic carbocycles. The average Bonchev–Trinajstić information content (AvgIpc) is 2.50. The van der Waals surface area contributed by atoms with Gasteiger partial charge in [0, 0.05) is 42.0 Å². The highest BCUT2D eigenvalue weighted by Gasteiger charge is 2.17. The number of benzene rings is 1. The van der Waals surface area contributed by atoms with Crippen LogP contribution >= 0.6 is 11.6 Å². The van der Waals surface area contributed by atoms with E-state index in [1.807, 2.05) is 12.1 Å². The summed E-state index contributed by atoms with van der Waals surface area (Å²) in [5.74, 6) is -0.243. The molecule has 122 valence electrons. The first-order valence-corrected chi connectivity index (χ1v) is 7.73. The van der Waals surface area contributed by atoms with E-state index in [9.17, 15) is 9.59 Å². The maximum Gasteiger partial charge on any atom is 0.254 e. The second kappa shape index (κ2) is 7.94. The van der Waals surface area contributed by atoms with Gasteiger partial charge in [0.2, 0.25) is 5.56 Å². The Kier molecular flexibility index (Phi) is 5.96. The predicted molar refractivity (Wildman–Crippen MR) is 89.7 cm³/mol. The van der Waals surface area contributed by atoms with Gasteiger partial charge >= 0.3 is 0 Å². The molecule has 1 aromatic heterocycles. The molecule has 0 fully saturated rings. The van der Waals surface area contributed by atoms with Crippen LogP contribution in [0.1, 0.15) is 28.0 Å². The van der Waals surface area contributed by atoms with E-state index < -0.39 is 0 Å². The van der Waals surface area contributed by atoms with Gasteiger partial charge in [0.1, 0.15) is 0 Å². The van der Waals surface area contributed by atoms with Crippen molar-refractivity contribution in [2.75, 3.05) is 13.2 Å². The fourth-order valence-corrected chi connectivity index (χ4v) is 2.57. The van der Waals surface area contributed by atoms with Crippen LogP contribution in [0.2, 0.25) is 5.02 Å². The van der Waals surface area contributed by atoms with Crippen LogP contribution in [0, 0.1) is 6.92 Å². The summed E-state index contributed by atoms with van der Waals surface area (Å²) in [5.41, 5.74) is 1.56. The van der Waals surface area contributed by atoms with Crippen molar-refractivity contribution in [1.29, 1.82) is 0 Å². The smallest absolute Gasteiger partial charge is 0.254 e. The van der Waals surface area contributed by atoms with E-state index in [-0.39, 0.29) is 18.1 Å². The fraction of sp³-hybridized carbons (Fsp3) is 0.294.